The Morgan fingerprint density at radius 2 is 2.21 bits per heavy atom. The minimum atomic E-state index is -3.16. The van der Waals surface area contributed by atoms with E-state index in [4.69, 9.17) is 0 Å². The van der Waals surface area contributed by atoms with E-state index in [9.17, 15) is 8.42 Å². The van der Waals surface area contributed by atoms with Crippen LogP contribution in [0, 0.1) is 0 Å². The lowest BCUT2D eigenvalue weighted by Gasteiger charge is -2.12. The van der Waals surface area contributed by atoms with E-state index in [1.807, 2.05) is 24.4 Å². The van der Waals surface area contributed by atoms with Gasteiger partial charge in [0.15, 0.2) is 0 Å². The van der Waals surface area contributed by atoms with Crippen LogP contribution in [0.5, 0.6) is 0 Å². The van der Waals surface area contributed by atoms with Crippen molar-refractivity contribution >= 4 is 21.4 Å². The van der Waals surface area contributed by atoms with Crippen LogP contribution in [0.15, 0.2) is 17.5 Å². The Hall–Kier alpha value is -0.430. The van der Waals surface area contributed by atoms with Crippen molar-refractivity contribution in [3.05, 3.63) is 22.4 Å². The van der Waals surface area contributed by atoms with Crippen LogP contribution >= 0.6 is 11.3 Å². The van der Waals surface area contributed by atoms with Gasteiger partial charge in [-0.05, 0) is 50.6 Å². The minimum absolute atomic E-state index is 0.130. The molecule has 2 rings (SSSR count). The van der Waals surface area contributed by atoms with Crippen molar-refractivity contribution < 1.29 is 8.42 Å². The van der Waals surface area contributed by atoms with Gasteiger partial charge < -0.3 is 5.32 Å². The molecule has 2 N–H and O–H groups in total. The molecule has 6 heteroatoms. The molecule has 1 atom stereocenters. The summed E-state index contributed by atoms with van der Waals surface area (Å²) in [4.78, 5) is 1.05. The summed E-state index contributed by atoms with van der Waals surface area (Å²) >= 11 is 1.58. The van der Waals surface area contributed by atoms with Gasteiger partial charge in [0, 0.05) is 10.9 Å². The molecule has 0 aliphatic heterocycles. The number of hydrogen-bond donors (Lipinski definition) is 2. The fourth-order valence-corrected chi connectivity index (χ4v) is 4.11. The normalized spacial score (nSPS) is 17.5. The Bertz CT molecular complexity index is 467. The van der Waals surface area contributed by atoms with Crippen LogP contribution in [0.4, 0.5) is 0 Å². The van der Waals surface area contributed by atoms with E-state index in [2.05, 4.69) is 10.0 Å². The van der Waals surface area contributed by atoms with Gasteiger partial charge in [-0.15, -0.1) is 11.3 Å². The summed E-state index contributed by atoms with van der Waals surface area (Å²) < 4.78 is 26.6. The molecule has 0 radical (unpaired) electrons. The summed E-state index contributed by atoms with van der Waals surface area (Å²) in [6.07, 6.45) is 4.19. The lowest BCUT2D eigenvalue weighted by atomic mass is 10.3. The zero-order chi connectivity index (χ0) is 13.7. The van der Waals surface area contributed by atoms with Gasteiger partial charge in [0.25, 0.3) is 0 Å². The summed E-state index contributed by atoms with van der Waals surface area (Å²) in [5, 5.41) is 5.35. The molecule has 0 aromatic carbocycles. The first-order chi connectivity index (χ1) is 9.07. The molecule has 1 fully saturated rings. The number of unbranched alkanes of at least 4 members (excludes halogenated alkanes) is 1. The van der Waals surface area contributed by atoms with Crippen LogP contribution in [0.25, 0.3) is 0 Å². The highest BCUT2D eigenvalue weighted by atomic mass is 32.2. The van der Waals surface area contributed by atoms with Gasteiger partial charge in [-0.2, -0.15) is 0 Å². The van der Waals surface area contributed by atoms with E-state index in [-0.39, 0.29) is 11.8 Å². The number of rotatable bonds is 9. The number of sulfonamides is 1. The van der Waals surface area contributed by atoms with Gasteiger partial charge in [0.05, 0.1) is 11.8 Å². The van der Waals surface area contributed by atoms with Crippen LogP contribution < -0.4 is 10.0 Å². The Balaban J connectivity index is 1.65. The van der Waals surface area contributed by atoms with Crippen molar-refractivity contribution in [2.45, 2.75) is 44.7 Å². The molecule has 1 aromatic heterocycles. The van der Waals surface area contributed by atoms with Crippen molar-refractivity contribution in [2.75, 3.05) is 12.3 Å². The van der Waals surface area contributed by atoms with Gasteiger partial charge >= 0.3 is 0 Å². The predicted octanol–water partition coefficient (Wildman–Crippen LogP) is 2.26. The second-order valence-electron chi connectivity index (χ2n) is 5.11. The maximum absolute atomic E-state index is 11.9. The molecule has 4 nitrogen and oxygen atoms in total. The zero-order valence-corrected chi connectivity index (χ0v) is 12.9. The summed E-state index contributed by atoms with van der Waals surface area (Å²) in [5.41, 5.74) is 0. The van der Waals surface area contributed by atoms with Gasteiger partial charge in [0.2, 0.25) is 10.0 Å². The van der Waals surface area contributed by atoms with E-state index in [1.54, 1.807) is 11.3 Å². The molecule has 1 unspecified atom stereocenters. The summed E-state index contributed by atoms with van der Waals surface area (Å²) in [5.74, 6) is 0.217. The molecule has 1 aromatic rings. The van der Waals surface area contributed by atoms with Crippen molar-refractivity contribution in [1.82, 2.24) is 10.0 Å². The van der Waals surface area contributed by atoms with Gasteiger partial charge in [-0.3, -0.25) is 0 Å². The molecule has 1 aliphatic carbocycles. The predicted molar refractivity (Wildman–Crippen MR) is 79.9 cm³/mol. The first-order valence-electron chi connectivity index (χ1n) is 6.83. The average Bonchev–Trinajstić information content (AvgIpc) is 3.00. The maximum Gasteiger partial charge on any atom is 0.212 e. The SMILES string of the molecule is CC(NS(=O)(=O)CCCCNC1CC1)c1cccs1. The lowest BCUT2D eigenvalue weighted by molar-refractivity contribution is 0.561. The summed E-state index contributed by atoms with van der Waals surface area (Å²) in [6, 6.07) is 4.47. The van der Waals surface area contributed by atoms with Gasteiger partial charge in [-0.25, -0.2) is 13.1 Å². The first kappa shape index (κ1) is 15.0. The second kappa shape index (κ2) is 6.83. The van der Waals surface area contributed by atoms with E-state index in [1.165, 1.54) is 12.8 Å². The van der Waals surface area contributed by atoms with Crippen LogP contribution in [0.1, 0.15) is 43.5 Å². The van der Waals surface area contributed by atoms with E-state index in [0.717, 1.165) is 17.8 Å². The molecule has 0 spiro atoms. The molecule has 1 heterocycles. The minimum Gasteiger partial charge on any atom is -0.314 e. The number of hydrogen-bond acceptors (Lipinski definition) is 4. The van der Waals surface area contributed by atoms with Crippen molar-refractivity contribution in [1.29, 1.82) is 0 Å². The van der Waals surface area contributed by atoms with Crippen LogP contribution in [-0.2, 0) is 10.0 Å². The van der Waals surface area contributed by atoms with Crippen molar-refractivity contribution in [3.8, 4) is 0 Å². The number of nitrogens with one attached hydrogen (secondary N) is 2. The smallest absolute Gasteiger partial charge is 0.212 e. The fraction of sp³-hybridized carbons (Fsp3) is 0.692. The topological polar surface area (TPSA) is 58.2 Å². The Morgan fingerprint density at radius 3 is 2.84 bits per heavy atom. The van der Waals surface area contributed by atoms with Gasteiger partial charge in [-0.1, -0.05) is 6.07 Å². The lowest BCUT2D eigenvalue weighted by Crippen LogP contribution is -2.29. The number of thiophene rings is 1. The first-order valence-corrected chi connectivity index (χ1v) is 9.37. The highest BCUT2D eigenvalue weighted by molar-refractivity contribution is 7.89. The zero-order valence-electron chi connectivity index (χ0n) is 11.3. The molecular formula is C13H22N2O2S2. The summed E-state index contributed by atoms with van der Waals surface area (Å²) in [6.45, 7) is 2.82. The molecule has 19 heavy (non-hydrogen) atoms. The van der Waals surface area contributed by atoms with E-state index >= 15 is 0 Å². The average molecular weight is 302 g/mol. The van der Waals surface area contributed by atoms with Crippen LogP contribution in [0.3, 0.4) is 0 Å². The fourth-order valence-electron chi connectivity index (χ4n) is 1.93. The van der Waals surface area contributed by atoms with Crippen LogP contribution in [0.2, 0.25) is 0 Å². The highest BCUT2D eigenvalue weighted by Crippen LogP contribution is 2.19. The molecule has 0 amide bonds. The Morgan fingerprint density at radius 1 is 1.42 bits per heavy atom. The summed E-state index contributed by atoms with van der Waals surface area (Å²) in [7, 11) is -3.16. The Kier molecular flexibility index (Phi) is 5.38. The molecule has 0 saturated heterocycles. The quantitative estimate of drug-likeness (QED) is 0.688. The molecule has 1 aliphatic rings. The molecule has 1 saturated carbocycles. The third kappa shape index (κ3) is 5.60. The third-order valence-electron chi connectivity index (χ3n) is 3.18. The highest BCUT2D eigenvalue weighted by Gasteiger charge is 2.20. The standard InChI is InChI=1S/C13H22N2O2S2/c1-11(13-5-4-9-18-13)15-19(16,17)10-3-2-8-14-12-6-7-12/h4-5,9,11-12,14-15H,2-3,6-8,10H2,1H3. The van der Waals surface area contributed by atoms with E-state index in [0.29, 0.717) is 12.5 Å². The molecular weight excluding hydrogens is 280 g/mol. The van der Waals surface area contributed by atoms with Crippen LogP contribution in [-0.4, -0.2) is 26.8 Å². The molecule has 108 valence electrons. The maximum atomic E-state index is 11.9. The largest absolute Gasteiger partial charge is 0.314 e. The third-order valence-corrected chi connectivity index (χ3v) is 5.77. The Labute approximate surface area is 119 Å². The van der Waals surface area contributed by atoms with E-state index < -0.39 is 10.0 Å². The second-order valence-corrected chi connectivity index (χ2v) is 7.96. The molecule has 0 bridgehead atoms. The van der Waals surface area contributed by atoms with Crippen molar-refractivity contribution in [2.24, 2.45) is 0 Å². The van der Waals surface area contributed by atoms with Gasteiger partial charge in [0.1, 0.15) is 0 Å². The van der Waals surface area contributed by atoms with Crippen molar-refractivity contribution in [3.63, 3.8) is 0 Å². The monoisotopic (exact) mass is 302 g/mol.